The average Bonchev–Trinajstić information content (AvgIpc) is 2.89. The molecule has 2 aromatic heterocycles. The van der Waals surface area contributed by atoms with E-state index in [4.69, 9.17) is 4.74 Å². The van der Waals surface area contributed by atoms with Crippen LogP contribution < -0.4 is 5.69 Å². The zero-order valence-electron chi connectivity index (χ0n) is 8.85. The van der Waals surface area contributed by atoms with Gasteiger partial charge in [-0.2, -0.15) is 0 Å². The van der Waals surface area contributed by atoms with E-state index in [9.17, 15) is 4.79 Å². The summed E-state index contributed by atoms with van der Waals surface area (Å²) in [6.07, 6.45) is 4.42. The summed E-state index contributed by atoms with van der Waals surface area (Å²) < 4.78 is 7.09. The minimum atomic E-state index is -0.0603. The van der Waals surface area contributed by atoms with Gasteiger partial charge in [0, 0.05) is 25.3 Å². The lowest BCUT2D eigenvalue weighted by Crippen LogP contribution is -2.21. The molecule has 1 N–H and O–H groups in total. The SMILES string of the molecule is O=c1[nH]c2cnccc2n1C[C@@H]1CCOC1. The second-order valence-electron chi connectivity index (χ2n) is 4.16. The van der Waals surface area contributed by atoms with Crippen LogP contribution in [0.2, 0.25) is 0 Å². The summed E-state index contributed by atoms with van der Waals surface area (Å²) in [4.78, 5) is 18.6. The molecule has 1 fully saturated rings. The Morgan fingerprint density at radius 2 is 2.56 bits per heavy atom. The Balaban J connectivity index is 2.01. The number of nitrogens with zero attached hydrogens (tertiary/aromatic N) is 2. The van der Waals surface area contributed by atoms with Crippen molar-refractivity contribution >= 4 is 11.0 Å². The van der Waals surface area contributed by atoms with E-state index in [1.807, 2.05) is 6.07 Å². The normalized spacial score (nSPS) is 20.6. The lowest BCUT2D eigenvalue weighted by molar-refractivity contribution is 0.182. The molecule has 5 heteroatoms. The topological polar surface area (TPSA) is 59.9 Å². The quantitative estimate of drug-likeness (QED) is 0.811. The number of imidazole rings is 1. The number of hydrogen-bond donors (Lipinski definition) is 1. The van der Waals surface area contributed by atoms with Crippen LogP contribution in [0.5, 0.6) is 0 Å². The van der Waals surface area contributed by atoms with Crippen molar-refractivity contribution in [3.8, 4) is 0 Å². The van der Waals surface area contributed by atoms with Gasteiger partial charge < -0.3 is 9.72 Å². The maximum absolute atomic E-state index is 11.8. The van der Waals surface area contributed by atoms with Crippen LogP contribution in [0, 0.1) is 5.92 Å². The van der Waals surface area contributed by atoms with Gasteiger partial charge in [0.15, 0.2) is 0 Å². The molecule has 1 aliphatic rings. The van der Waals surface area contributed by atoms with Gasteiger partial charge in [-0.25, -0.2) is 4.79 Å². The van der Waals surface area contributed by atoms with Gasteiger partial charge in [-0.15, -0.1) is 0 Å². The van der Waals surface area contributed by atoms with Crippen molar-refractivity contribution in [3.63, 3.8) is 0 Å². The molecule has 0 unspecified atom stereocenters. The van der Waals surface area contributed by atoms with Crippen LogP contribution in [0.1, 0.15) is 6.42 Å². The van der Waals surface area contributed by atoms with Crippen LogP contribution in [0.3, 0.4) is 0 Å². The Bertz CT molecular complexity index is 552. The predicted octanol–water partition coefficient (Wildman–Crippen LogP) is 0.761. The van der Waals surface area contributed by atoms with Crippen LogP contribution in [-0.4, -0.2) is 27.7 Å². The number of ether oxygens (including phenoxy) is 1. The molecular weight excluding hydrogens is 206 g/mol. The van der Waals surface area contributed by atoms with E-state index >= 15 is 0 Å². The first-order valence-corrected chi connectivity index (χ1v) is 5.45. The van der Waals surface area contributed by atoms with Crippen molar-refractivity contribution in [1.29, 1.82) is 0 Å². The molecule has 0 bridgehead atoms. The molecule has 3 rings (SSSR count). The van der Waals surface area contributed by atoms with Crippen molar-refractivity contribution in [2.45, 2.75) is 13.0 Å². The first kappa shape index (κ1) is 9.59. The zero-order chi connectivity index (χ0) is 11.0. The monoisotopic (exact) mass is 219 g/mol. The molecule has 0 saturated carbocycles. The third kappa shape index (κ3) is 1.53. The lowest BCUT2D eigenvalue weighted by Gasteiger charge is -2.08. The number of aromatic nitrogens is 3. The smallest absolute Gasteiger partial charge is 0.326 e. The molecule has 0 aromatic carbocycles. The Hall–Kier alpha value is -1.62. The minimum Gasteiger partial charge on any atom is -0.381 e. The van der Waals surface area contributed by atoms with Crippen molar-refractivity contribution in [2.24, 2.45) is 5.92 Å². The van der Waals surface area contributed by atoms with Crippen molar-refractivity contribution in [1.82, 2.24) is 14.5 Å². The number of fused-ring (bicyclic) bond motifs is 1. The van der Waals surface area contributed by atoms with Crippen LogP contribution in [0.15, 0.2) is 23.3 Å². The van der Waals surface area contributed by atoms with Crippen LogP contribution in [-0.2, 0) is 11.3 Å². The van der Waals surface area contributed by atoms with Gasteiger partial charge in [-0.05, 0) is 12.5 Å². The summed E-state index contributed by atoms with van der Waals surface area (Å²) in [5, 5.41) is 0. The molecular formula is C11H13N3O2. The van der Waals surface area contributed by atoms with E-state index in [1.165, 1.54) is 0 Å². The van der Waals surface area contributed by atoms with Gasteiger partial charge in [0.05, 0.1) is 23.8 Å². The highest BCUT2D eigenvalue weighted by Crippen LogP contribution is 2.16. The molecule has 84 valence electrons. The molecule has 0 spiro atoms. The summed E-state index contributed by atoms with van der Waals surface area (Å²) in [7, 11) is 0. The van der Waals surface area contributed by atoms with Gasteiger partial charge in [-0.3, -0.25) is 9.55 Å². The largest absolute Gasteiger partial charge is 0.381 e. The van der Waals surface area contributed by atoms with Gasteiger partial charge in [0.25, 0.3) is 0 Å². The molecule has 1 atom stereocenters. The first-order chi connectivity index (χ1) is 7.84. The fourth-order valence-corrected chi connectivity index (χ4v) is 2.18. The van der Waals surface area contributed by atoms with Gasteiger partial charge in [-0.1, -0.05) is 0 Å². The molecule has 1 saturated heterocycles. The van der Waals surface area contributed by atoms with E-state index in [0.717, 1.165) is 37.2 Å². The molecule has 1 aliphatic heterocycles. The maximum atomic E-state index is 11.8. The molecule has 16 heavy (non-hydrogen) atoms. The first-order valence-electron chi connectivity index (χ1n) is 5.45. The second-order valence-corrected chi connectivity index (χ2v) is 4.16. The molecule has 0 radical (unpaired) electrons. The third-order valence-corrected chi connectivity index (χ3v) is 3.04. The highest BCUT2D eigenvalue weighted by Gasteiger charge is 2.18. The van der Waals surface area contributed by atoms with Crippen LogP contribution in [0.4, 0.5) is 0 Å². The van der Waals surface area contributed by atoms with E-state index in [1.54, 1.807) is 17.0 Å². The van der Waals surface area contributed by atoms with Crippen molar-refractivity contribution in [2.75, 3.05) is 13.2 Å². The van der Waals surface area contributed by atoms with E-state index < -0.39 is 0 Å². The van der Waals surface area contributed by atoms with Crippen LogP contribution >= 0.6 is 0 Å². The van der Waals surface area contributed by atoms with Crippen molar-refractivity contribution < 1.29 is 4.74 Å². The fourth-order valence-electron chi connectivity index (χ4n) is 2.18. The minimum absolute atomic E-state index is 0.0603. The summed E-state index contributed by atoms with van der Waals surface area (Å²) >= 11 is 0. The summed E-state index contributed by atoms with van der Waals surface area (Å²) in [5.74, 6) is 0.449. The number of hydrogen-bond acceptors (Lipinski definition) is 3. The second kappa shape index (κ2) is 3.75. The van der Waals surface area contributed by atoms with E-state index in [-0.39, 0.29) is 5.69 Å². The predicted molar refractivity (Wildman–Crippen MR) is 59.3 cm³/mol. The number of pyridine rings is 1. The highest BCUT2D eigenvalue weighted by molar-refractivity contribution is 5.73. The summed E-state index contributed by atoms with van der Waals surface area (Å²) in [6, 6.07) is 1.86. The van der Waals surface area contributed by atoms with E-state index in [2.05, 4.69) is 9.97 Å². The fraction of sp³-hybridized carbons (Fsp3) is 0.455. The Morgan fingerprint density at radius 1 is 1.62 bits per heavy atom. The summed E-state index contributed by atoms with van der Waals surface area (Å²) in [6.45, 7) is 2.29. The molecule has 0 amide bonds. The highest BCUT2D eigenvalue weighted by atomic mass is 16.5. The van der Waals surface area contributed by atoms with E-state index in [0.29, 0.717) is 5.92 Å². The van der Waals surface area contributed by atoms with Gasteiger partial charge in [0.2, 0.25) is 0 Å². The number of aromatic amines is 1. The standard InChI is InChI=1S/C11H13N3O2/c15-11-13-9-5-12-3-1-10(9)14(11)6-8-2-4-16-7-8/h1,3,5,8H,2,4,6-7H2,(H,13,15)/t8-/m0/s1. The summed E-state index contributed by atoms with van der Waals surface area (Å²) in [5.41, 5.74) is 1.66. The molecule has 2 aromatic rings. The zero-order valence-corrected chi connectivity index (χ0v) is 8.85. The van der Waals surface area contributed by atoms with Gasteiger partial charge >= 0.3 is 5.69 Å². The number of nitrogens with one attached hydrogen (secondary N) is 1. The maximum Gasteiger partial charge on any atom is 0.326 e. The van der Waals surface area contributed by atoms with Gasteiger partial charge in [0.1, 0.15) is 0 Å². The third-order valence-electron chi connectivity index (χ3n) is 3.04. The number of rotatable bonds is 2. The van der Waals surface area contributed by atoms with Crippen molar-refractivity contribution in [3.05, 3.63) is 28.9 Å². The lowest BCUT2D eigenvalue weighted by atomic mass is 10.1. The molecule has 5 nitrogen and oxygen atoms in total. The Morgan fingerprint density at radius 3 is 3.38 bits per heavy atom. The van der Waals surface area contributed by atoms with Crippen LogP contribution in [0.25, 0.3) is 11.0 Å². The number of H-pyrrole nitrogens is 1. The average molecular weight is 219 g/mol. The Kier molecular flexibility index (Phi) is 2.25. The molecule has 3 heterocycles. The molecule has 0 aliphatic carbocycles. The Labute approximate surface area is 92.1 Å².